The molecule has 0 aliphatic heterocycles. The normalized spacial score (nSPS) is 10.8. The maximum atomic E-state index is 6.16. The van der Waals surface area contributed by atoms with Crippen LogP contribution in [0, 0.1) is 0 Å². The van der Waals surface area contributed by atoms with Crippen molar-refractivity contribution in [2.24, 2.45) is 0 Å². The lowest BCUT2D eigenvalue weighted by Crippen LogP contribution is -2.00. The second kappa shape index (κ2) is 9.64. The van der Waals surface area contributed by atoms with Crippen molar-refractivity contribution in [3.05, 3.63) is 82.3 Å². The summed E-state index contributed by atoms with van der Waals surface area (Å²) in [5, 5.41) is 10.8. The van der Waals surface area contributed by atoms with Crippen molar-refractivity contribution >= 4 is 35.0 Å². The van der Waals surface area contributed by atoms with Crippen LogP contribution < -0.4 is 9.47 Å². The Morgan fingerprint density at radius 3 is 2.32 bits per heavy atom. The Hall–Kier alpha value is -2.67. The minimum atomic E-state index is 0.537. The predicted octanol–water partition coefficient (Wildman–Crippen LogP) is 6.55. The van der Waals surface area contributed by atoms with E-state index in [1.807, 2.05) is 65.2 Å². The Morgan fingerprint density at radius 1 is 0.839 bits per heavy atom. The third-order valence-electron chi connectivity index (χ3n) is 4.64. The molecule has 1 heterocycles. The molecule has 0 amide bonds. The number of hydrogen-bond acceptors (Lipinski definition) is 5. The molecule has 3 aromatic carbocycles. The van der Waals surface area contributed by atoms with Gasteiger partial charge in [-0.2, -0.15) is 0 Å². The van der Waals surface area contributed by atoms with E-state index < -0.39 is 0 Å². The zero-order valence-corrected chi connectivity index (χ0v) is 19.2. The Morgan fingerprint density at radius 2 is 1.61 bits per heavy atom. The minimum Gasteiger partial charge on any atom is -0.493 e. The first-order valence-electron chi connectivity index (χ1n) is 9.40. The summed E-state index contributed by atoms with van der Waals surface area (Å²) in [5.74, 6) is 2.68. The van der Waals surface area contributed by atoms with Gasteiger partial charge in [0.25, 0.3) is 0 Å². The molecule has 0 unspecified atom stereocenters. The monoisotopic (exact) mass is 471 g/mol. The maximum Gasteiger partial charge on any atom is 0.196 e. The number of aromatic nitrogens is 3. The summed E-state index contributed by atoms with van der Waals surface area (Å²) in [4.78, 5) is 0. The fourth-order valence-electron chi connectivity index (χ4n) is 3.11. The molecule has 0 atom stereocenters. The lowest BCUT2D eigenvalue weighted by atomic mass is 10.2. The van der Waals surface area contributed by atoms with Gasteiger partial charge in [0.15, 0.2) is 22.5 Å². The van der Waals surface area contributed by atoms with Crippen LogP contribution in [0.5, 0.6) is 11.5 Å². The Bertz CT molecular complexity index is 1200. The van der Waals surface area contributed by atoms with Gasteiger partial charge in [-0.05, 0) is 48.0 Å². The quantitative estimate of drug-likeness (QED) is 0.286. The van der Waals surface area contributed by atoms with Crippen LogP contribution in [0.25, 0.3) is 17.1 Å². The maximum absolute atomic E-state index is 6.16. The third-order valence-corrected chi connectivity index (χ3v) is 6.38. The number of rotatable bonds is 7. The molecule has 0 aliphatic rings. The molecule has 5 nitrogen and oxygen atoms in total. The third kappa shape index (κ3) is 4.66. The second-order valence-corrected chi connectivity index (χ2v) is 8.34. The van der Waals surface area contributed by atoms with Crippen LogP contribution in [0.2, 0.25) is 10.0 Å². The highest BCUT2D eigenvalue weighted by Crippen LogP contribution is 2.35. The Balaban J connectivity index is 1.73. The minimum absolute atomic E-state index is 0.537. The van der Waals surface area contributed by atoms with Crippen LogP contribution in [-0.4, -0.2) is 29.0 Å². The molecule has 0 N–H and O–H groups in total. The fourth-order valence-corrected chi connectivity index (χ4v) is 4.33. The van der Waals surface area contributed by atoms with Crippen molar-refractivity contribution in [3.63, 3.8) is 0 Å². The lowest BCUT2D eigenvalue weighted by molar-refractivity contribution is 0.355. The molecule has 0 bridgehead atoms. The van der Waals surface area contributed by atoms with Crippen molar-refractivity contribution in [1.29, 1.82) is 0 Å². The molecule has 0 radical (unpaired) electrons. The summed E-state index contributed by atoms with van der Waals surface area (Å²) in [6.45, 7) is 0. The number of thioether (sulfide) groups is 1. The average molecular weight is 472 g/mol. The van der Waals surface area contributed by atoms with Gasteiger partial charge in [-0.3, -0.25) is 4.57 Å². The Labute approximate surface area is 194 Å². The summed E-state index contributed by atoms with van der Waals surface area (Å²) in [7, 11) is 3.23. The predicted molar refractivity (Wildman–Crippen MR) is 126 cm³/mol. The van der Waals surface area contributed by atoms with Gasteiger partial charge in [-0.15, -0.1) is 10.2 Å². The van der Waals surface area contributed by atoms with Crippen LogP contribution in [0.4, 0.5) is 0 Å². The molecule has 0 aliphatic carbocycles. The second-order valence-electron chi connectivity index (χ2n) is 6.58. The van der Waals surface area contributed by atoms with E-state index >= 15 is 0 Å². The van der Waals surface area contributed by atoms with Crippen LogP contribution >= 0.6 is 35.0 Å². The number of hydrogen-bond donors (Lipinski definition) is 0. The molecule has 0 fully saturated rings. The van der Waals surface area contributed by atoms with Crippen molar-refractivity contribution in [1.82, 2.24) is 14.8 Å². The summed E-state index contributed by atoms with van der Waals surface area (Å²) in [6, 6.07) is 21.3. The van der Waals surface area contributed by atoms with Gasteiger partial charge in [0.05, 0.1) is 24.3 Å². The van der Waals surface area contributed by atoms with E-state index in [-0.39, 0.29) is 0 Å². The average Bonchev–Trinajstić information content (AvgIpc) is 3.24. The Kier molecular flexibility index (Phi) is 6.70. The highest BCUT2D eigenvalue weighted by Gasteiger charge is 2.18. The molecular formula is C23H19Cl2N3O2S. The van der Waals surface area contributed by atoms with E-state index in [4.69, 9.17) is 32.7 Å². The SMILES string of the molecule is COc1ccc(-c2nnc(SCc3ccc(Cl)c(Cl)c3)n2-c2ccccc2)cc1OC. The van der Waals surface area contributed by atoms with Crippen molar-refractivity contribution in [2.75, 3.05) is 14.2 Å². The smallest absolute Gasteiger partial charge is 0.196 e. The summed E-state index contributed by atoms with van der Waals surface area (Å²) in [5.41, 5.74) is 2.89. The van der Waals surface area contributed by atoms with E-state index in [0.717, 1.165) is 22.0 Å². The first-order valence-corrected chi connectivity index (χ1v) is 11.1. The van der Waals surface area contributed by atoms with E-state index in [1.54, 1.807) is 32.0 Å². The van der Waals surface area contributed by atoms with Crippen molar-refractivity contribution < 1.29 is 9.47 Å². The fraction of sp³-hybridized carbons (Fsp3) is 0.130. The standard InChI is InChI=1S/C23H19Cl2N3O2S/c1-29-20-11-9-16(13-21(20)30-2)22-26-27-23(28(22)17-6-4-3-5-7-17)31-14-15-8-10-18(24)19(25)12-15/h3-13H,14H2,1-2H3. The number of benzene rings is 3. The first kappa shape index (κ1) is 21.6. The zero-order valence-electron chi connectivity index (χ0n) is 16.9. The highest BCUT2D eigenvalue weighted by molar-refractivity contribution is 7.98. The number of nitrogens with zero attached hydrogens (tertiary/aromatic N) is 3. The highest BCUT2D eigenvalue weighted by atomic mass is 35.5. The zero-order chi connectivity index (χ0) is 21.8. The number of ether oxygens (including phenoxy) is 2. The van der Waals surface area contributed by atoms with E-state index in [2.05, 4.69) is 10.2 Å². The van der Waals surface area contributed by atoms with Crippen LogP contribution in [-0.2, 0) is 5.75 Å². The largest absolute Gasteiger partial charge is 0.493 e. The molecule has 0 saturated carbocycles. The van der Waals surface area contributed by atoms with Gasteiger partial charge >= 0.3 is 0 Å². The van der Waals surface area contributed by atoms with Crippen LogP contribution in [0.15, 0.2) is 71.9 Å². The molecule has 1 aromatic heterocycles. The van der Waals surface area contributed by atoms with Crippen molar-refractivity contribution in [2.45, 2.75) is 10.9 Å². The van der Waals surface area contributed by atoms with Gasteiger partial charge in [-0.25, -0.2) is 0 Å². The van der Waals surface area contributed by atoms with Crippen molar-refractivity contribution in [3.8, 4) is 28.6 Å². The van der Waals surface area contributed by atoms with Gasteiger partial charge in [-0.1, -0.05) is 59.2 Å². The molecule has 4 aromatic rings. The summed E-state index contributed by atoms with van der Waals surface area (Å²) in [6.07, 6.45) is 0. The van der Waals surface area contributed by atoms with Gasteiger partial charge in [0.1, 0.15) is 0 Å². The van der Waals surface area contributed by atoms with E-state index in [0.29, 0.717) is 33.1 Å². The first-order chi connectivity index (χ1) is 15.1. The molecule has 0 spiro atoms. The number of methoxy groups -OCH3 is 2. The molecular weight excluding hydrogens is 453 g/mol. The number of para-hydroxylation sites is 1. The molecule has 31 heavy (non-hydrogen) atoms. The van der Waals surface area contributed by atoms with Crippen LogP contribution in [0.3, 0.4) is 0 Å². The molecule has 0 saturated heterocycles. The van der Waals surface area contributed by atoms with Gasteiger partial charge in [0.2, 0.25) is 0 Å². The summed E-state index contributed by atoms with van der Waals surface area (Å²) >= 11 is 13.8. The van der Waals surface area contributed by atoms with E-state index in [9.17, 15) is 0 Å². The van der Waals surface area contributed by atoms with Crippen LogP contribution in [0.1, 0.15) is 5.56 Å². The van der Waals surface area contributed by atoms with Gasteiger partial charge < -0.3 is 9.47 Å². The lowest BCUT2D eigenvalue weighted by Gasteiger charge is -2.12. The molecule has 158 valence electrons. The molecule has 8 heteroatoms. The molecule has 4 rings (SSSR count). The number of halogens is 2. The van der Waals surface area contributed by atoms with Gasteiger partial charge in [0, 0.05) is 17.0 Å². The summed E-state index contributed by atoms with van der Waals surface area (Å²) < 4.78 is 12.9. The van der Waals surface area contributed by atoms with E-state index in [1.165, 1.54) is 0 Å². The topological polar surface area (TPSA) is 49.2 Å².